The predicted molar refractivity (Wildman–Crippen MR) is 70.8 cm³/mol. The molecule has 0 radical (unpaired) electrons. The van der Waals surface area contributed by atoms with Crippen molar-refractivity contribution in [2.75, 3.05) is 5.43 Å². The second-order valence-electron chi connectivity index (χ2n) is 3.89. The number of rotatable bonds is 5. The van der Waals surface area contributed by atoms with E-state index in [-0.39, 0.29) is 5.91 Å². The number of pyridine rings is 1. The van der Waals surface area contributed by atoms with Gasteiger partial charge in [0.25, 0.3) is 0 Å². The number of nitrogens with one attached hydrogen (secondary N) is 2. The van der Waals surface area contributed by atoms with E-state index in [2.05, 4.69) is 15.8 Å². The smallest absolute Gasteiger partial charge is 0.238 e. The molecule has 0 aliphatic heterocycles. The van der Waals surface area contributed by atoms with Gasteiger partial charge in [-0.2, -0.15) is 0 Å². The van der Waals surface area contributed by atoms with Gasteiger partial charge in [0.1, 0.15) is 0 Å². The van der Waals surface area contributed by atoms with E-state index < -0.39 is 0 Å². The Hall–Kier alpha value is -2.36. The van der Waals surface area contributed by atoms with Crippen LogP contribution in [-0.4, -0.2) is 10.9 Å². The molecule has 0 saturated heterocycles. The van der Waals surface area contributed by atoms with Crippen molar-refractivity contribution in [3.05, 3.63) is 60.4 Å². The zero-order valence-electron chi connectivity index (χ0n) is 9.97. The molecule has 92 valence electrons. The van der Waals surface area contributed by atoms with Crippen LogP contribution < -0.4 is 10.9 Å². The monoisotopic (exact) mass is 241 g/mol. The van der Waals surface area contributed by atoms with Gasteiger partial charge in [0.15, 0.2) is 0 Å². The number of benzene rings is 1. The highest BCUT2D eigenvalue weighted by molar-refractivity contribution is 5.77. The zero-order chi connectivity index (χ0) is 12.6. The van der Waals surface area contributed by atoms with Crippen LogP contribution in [0.1, 0.15) is 12.0 Å². The third-order valence-electron chi connectivity index (χ3n) is 2.51. The first-order valence-corrected chi connectivity index (χ1v) is 5.83. The SMILES string of the molecule is O=C(CCc1ccccc1)NNc1ccncc1. The molecule has 0 bridgehead atoms. The lowest BCUT2D eigenvalue weighted by Gasteiger charge is -2.07. The number of hydrogen-bond donors (Lipinski definition) is 2. The van der Waals surface area contributed by atoms with E-state index in [0.29, 0.717) is 6.42 Å². The molecule has 4 nitrogen and oxygen atoms in total. The highest BCUT2D eigenvalue weighted by Crippen LogP contribution is 2.03. The molecule has 0 atom stereocenters. The molecule has 0 fully saturated rings. The van der Waals surface area contributed by atoms with E-state index in [9.17, 15) is 4.79 Å². The molecular formula is C14H15N3O. The number of anilines is 1. The summed E-state index contributed by atoms with van der Waals surface area (Å²) < 4.78 is 0. The normalized spacial score (nSPS) is 9.78. The van der Waals surface area contributed by atoms with Gasteiger partial charge >= 0.3 is 0 Å². The zero-order valence-corrected chi connectivity index (χ0v) is 9.97. The van der Waals surface area contributed by atoms with Gasteiger partial charge in [0.05, 0.1) is 5.69 Å². The first kappa shape index (κ1) is 12.1. The van der Waals surface area contributed by atoms with E-state index in [4.69, 9.17) is 0 Å². The van der Waals surface area contributed by atoms with Crippen LogP contribution in [0.2, 0.25) is 0 Å². The quantitative estimate of drug-likeness (QED) is 0.789. The Morgan fingerprint density at radius 2 is 1.78 bits per heavy atom. The highest BCUT2D eigenvalue weighted by atomic mass is 16.2. The maximum absolute atomic E-state index is 11.6. The van der Waals surface area contributed by atoms with E-state index in [0.717, 1.165) is 17.7 Å². The van der Waals surface area contributed by atoms with E-state index >= 15 is 0 Å². The Labute approximate surface area is 106 Å². The van der Waals surface area contributed by atoms with Crippen LogP contribution in [0.15, 0.2) is 54.9 Å². The minimum atomic E-state index is -0.0318. The molecule has 0 aliphatic rings. The fourth-order valence-corrected chi connectivity index (χ4v) is 1.54. The van der Waals surface area contributed by atoms with Gasteiger partial charge < -0.3 is 0 Å². The summed E-state index contributed by atoms with van der Waals surface area (Å²) in [4.78, 5) is 15.5. The lowest BCUT2D eigenvalue weighted by atomic mass is 10.1. The number of carbonyl (C=O) groups is 1. The standard InChI is InChI=1S/C14H15N3O/c18-14(7-6-12-4-2-1-3-5-12)17-16-13-8-10-15-11-9-13/h1-5,8-11H,6-7H2,(H,15,16)(H,17,18). The van der Waals surface area contributed by atoms with Gasteiger partial charge in [-0.3, -0.25) is 20.6 Å². The van der Waals surface area contributed by atoms with Crippen molar-refractivity contribution in [2.45, 2.75) is 12.8 Å². The second kappa shape index (κ2) is 6.39. The molecule has 1 heterocycles. The number of hydrazine groups is 1. The number of carbonyl (C=O) groups excluding carboxylic acids is 1. The molecule has 0 aliphatic carbocycles. The summed E-state index contributed by atoms with van der Waals surface area (Å²) in [6, 6.07) is 13.5. The van der Waals surface area contributed by atoms with Crippen LogP contribution in [0.5, 0.6) is 0 Å². The summed E-state index contributed by atoms with van der Waals surface area (Å²) in [5, 5.41) is 0. The van der Waals surface area contributed by atoms with Crippen LogP contribution in [-0.2, 0) is 11.2 Å². The molecule has 1 amide bonds. The van der Waals surface area contributed by atoms with Crippen LogP contribution >= 0.6 is 0 Å². The molecule has 18 heavy (non-hydrogen) atoms. The fourth-order valence-electron chi connectivity index (χ4n) is 1.54. The van der Waals surface area contributed by atoms with Gasteiger partial charge in [0.2, 0.25) is 5.91 Å². The van der Waals surface area contributed by atoms with Crippen LogP contribution in [0, 0.1) is 0 Å². The number of aryl methyl sites for hydroxylation is 1. The van der Waals surface area contributed by atoms with Crippen molar-refractivity contribution in [3.8, 4) is 0 Å². The van der Waals surface area contributed by atoms with Crippen molar-refractivity contribution in [2.24, 2.45) is 0 Å². The highest BCUT2D eigenvalue weighted by Gasteiger charge is 2.01. The van der Waals surface area contributed by atoms with Gasteiger partial charge in [-0.25, -0.2) is 0 Å². The summed E-state index contributed by atoms with van der Waals surface area (Å²) in [5.41, 5.74) is 7.47. The Morgan fingerprint density at radius 1 is 1.06 bits per heavy atom. The van der Waals surface area contributed by atoms with Crippen LogP contribution in [0.4, 0.5) is 5.69 Å². The maximum Gasteiger partial charge on any atom is 0.238 e. The molecule has 2 rings (SSSR count). The lowest BCUT2D eigenvalue weighted by molar-refractivity contribution is -0.120. The second-order valence-corrected chi connectivity index (χ2v) is 3.89. The first-order chi connectivity index (χ1) is 8.84. The lowest BCUT2D eigenvalue weighted by Crippen LogP contribution is -2.29. The summed E-state index contributed by atoms with van der Waals surface area (Å²) >= 11 is 0. The number of hydrogen-bond acceptors (Lipinski definition) is 3. The van der Waals surface area contributed by atoms with Crippen LogP contribution in [0.3, 0.4) is 0 Å². The Morgan fingerprint density at radius 3 is 2.50 bits per heavy atom. The maximum atomic E-state index is 11.6. The molecule has 0 saturated carbocycles. The summed E-state index contributed by atoms with van der Waals surface area (Å²) in [7, 11) is 0. The van der Waals surface area contributed by atoms with E-state index in [1.165, 1.54) is 0 Å². The van der Waals surface area contributed by atoms with Gasteiger partial charge in [0, 0.05) is 18.8 Å². The largest absolute Gasteiger partial charge is 0.299 e. The average Bonchev–Trinajstić information content (AvgIpc) is 2.45. The Balaban J connectivity index is 1.73. The van der Waals surface area contributed by atoms with Crippen molar-refractivity contribution in [1.82, 2.24) is 10.4 Å². The number of aromatic nitrogens is 1. The summed E-state index contributed by atoms with van der Waals surface area (Å²) in [6.07, 6.45) is 4.53. The third-order valence-corrected chi connectivity index (χ3v) is 2.51. The van der Waals surface area contributed by atoms with Gasteiger partial charge in [-0.15, -0.1) is 0 Å². The minimum absolute atomic E-state index is 0.0318. The molecule has 0 spiro atoms. The topological polar surface area (TPSA) is 54.0 Å². The number of amides is 1. The van der Waals surface area contributed by atoms with Crippen LogP contribution in [0.25, 0.3) is 0 Å². The first-order valence-electron chi connectivity index (χ1n) is 5.83. The molecule has 1 aromatic heterocycles. The average molecular weight is 241 g/mol. The van der Waals surface area contributed by atoms with Crippen molar-refractivity contribution in [1.29, 1.82) is 0 Å². The molecule has 2 N–H and O–H groups in total. The summed E-state index contributed by atoms with van der Waals surface area (Å²) in [5.74, 6) is -0.0318. The van der Waals surface area contributed by atoms with Crippen molar-refractivity contribution >= 4 is 11.6 Å². The Kier molecular flexibility index (Phi) is 4.30. The fraction of sp³-hybridized carbons (Fsp3) is 0.143. The molecule has 2 aromatic rings. The molecule has 0 unspecified atom stereocenters. The third kappa shape index (κ3) is 3.90. The van der Waals surface area contributed by atoms with E-state index in [1.807, 2.05) is 30.3 Å². The van der Waals surface area contributed by atoms with E-state index in [1.54, 1.807) is 24.5 Å². The van der Waals surface area contributed by atoms with Crippen molar-refractivity contribution < 1.29 is 4.79 Å². The molecule has 4 heteroatoms. The van der Waals surface area contributed by atoms with Gasteiger partial charge in [-0.05, 0) is 24.1 Å². The predicted octanol–water partition coefficient (Wildman–Crippen LogP) is 2.16. The number of nitrogens with zero attached hydrogens (tertiary/aromatic N) is 1. The minimum Gasteiger partial charge on any atom is -0.299 e. The molecule has 1 aromatic carbocycles. The van der Waals surface area contributed by atoms with Gasteiger partial charge in [-0.1, -0.05) is 30.3 Å². The summed E-state index contributed by atoms with van der Waals surface area (Å²) in [6.45, 7) is 0. The molecular weight excluding hydrogens is 226 g/mol. The Bertz CT molecular complexity index is 439. The van der Waals surface area contributed by atoms with Crippen molar-refractivity contribution in [3.63, 3.8) is 0 Å².